The topological polar surface area (TPSA) is 63.0 Å². The zero-order valence-electron chi connectivity index (χ0n) is 8.61. The van der Waals surface area contributed by atoms with Gasteiger partial charge >= 0.3 is 0 Å². The summed E-state index contributed by atoms with van der Waals surface area (Å²) in [6.45, 7) is 4.84. The number of aliphatic hydroxyl groups is 1. The molecule has 0 fully saturated rings. The van der Waals surface area contributed by atoms with E-state index in [-0.39, 0.29) is 6.61 Å². The second-order valence-electron chi connectivity index (χ2n) is 3.23. The Labute approximate surface area is 84.1 Å². The molecule has 0 atom stereocenters. The molecule has 1 aromatic heterocycles. The van der Waals surface area contributed by atoms with Crippen molar-refractivity contribution in [1.82, 2.24) is 20.3 Å². The number of nitrogens with one attached hydrogen (secondary N) is 1. The average molecular weight is 198 g/mol. The average Bonchev–Trinajstić information content (AvgIpc) is 2.63. The predicted octanol–water partition coefficient (Wildman–Crippen LogP) is 0.160. The van der Waals surface area contributed by atoms with Gasteiger partial charge in [0.25, 0.3) is 0 Å². The summed E-state index contributed by atoms with van der Waals surface area (Å²) in [4.78, 5) is 0. The third-order valence-corrected chi connectivity index (χ3v) is 1.86. The van der Waals surface area contributed by atoms with E-state index in [0.29, 0.717) is 0 Å². The van der Waals surface area contributed by atoms with Crippen LogP contribution in [0.4, 0.5) is 0 Å². The molecule has 2 N–H and O–H groups in total. The van der Waals surface area contributed by atoms with E-state index in [9.17, 15) is 0 Å². The lowest BCUT2D eigenvalue weighted by Gasteiger charge is -1.97. The van der Waals surface area contributed by atoms with Gasteiger partial charge in [-0.05, 0) is 19.4 Å². The van der Waals surface area contributed by atoms with Crippen LogP contribution in [0.15, 0.2) is 6.20 Å². The number of aromatic nitrogens is 3. The summed E-state index contributed by atoms with van der Waals surface area (Å²) < 4.78 is 1.76. The van der Waals surface area contributed by atoms with Crippen LogP contribution in [-0.4, -0.2) is 33.3 Å². The van der Waals surface area contributed by atoms with Crippen molar-refractivity contribution >= 4 is 0 Å². The van der Waals surface area contributed by atoms with E-state index in [1.54, 1.807) is 4.68 Å². The molecule has 5 nitrogen and oxygen atoms in total. The lowest BCUT2D eigenvalue weighted by atomic mass is 10.4. The van der Waals surface area contributed by atoms with Crippen LogP contribution in [0.5, 0.6) is 0 Å². The second kappa shape index (κ2) is 6.50. The monoisotopic (exact) mass is 198 g/mol. The quantitative estimate of drug-likeness (QED) is 0.613. The van der Waals surface area contributed by atoms with Gasteiger partial charge in [-0.3, -0.25) is 4.68 Å². The molecular weight excluding hydrogens is 180 g/mol. The molecule has 0 saturated heterocycles. The number of hydrogen-bond acceptors (Lipinski definition) is 4. The third-order valence-electron chi connectivity index (χ3n) is 1.86. The molecule has 0 spiro atoms. The van der Waals surface area contributed by atoms with Crippen LogP contribution in [0, 0.1) is 0 Å². The van der Waals surface area contributed by atoms with E-state index in [1.807, 2.05) is 6.20 Å². The highest BCUT2D eigenvalue weighted by Crippen LogP contribution is 1.94. The molecule has 0 aliphatic rings. The molecule has 0 saturated carbocycles. The molecule has 1 heterocycles. The lowest BCUT2D eigenvalue weighted by molar-refractivity contribution is 0.276. The summed E-state index contributed by atoms with van der Waals surface area (Å²) in [6, 6.07) is 0. The summed E-state index contributed by atoms with van der Waals surface area (Å²) in [6.07, 6.45) is 3.77. The first-order chi connectivity index (χ1) is 6.86. The highest BCUT2D eigenvalue weighted by Gasteiger charge is 1.98. The lowest BCUT2D eigenvalue weighted by Crippen LogP contribution is -2.13. The van der Waals surface area contributed by atoms with Gasteiger partial charge in [-0.2, -0.15) is 0 Å². The molecule has 14 heavy (non-hydrogen) atoms. The minimum Gasteiger partial charge on any atom is -0.396 e. The van der Waals surface area contributed by atoms with Gasteiger partial charge in [-0.25, -0.2) is 0 Å². The van der Waals surface area contributed by atoms with E-state index < -0.39 is 0 Å². The minimum atomic E-state index is 0.198. The standard InChI is InChI=1S/C9H18N4O/c1-2-4-10-7-9-8-13(12-11-9)5-3-6-14/h8,10,14H,2-7H2,1H3. The molecule has 1 aromatic rings. The normalized spacial score (nSPS) is 10.7. The molecule has 5 heteroatoms. The van der Waals surface area contributed by atoms with Crippen LogP contribution in [0.3, 0.4) is 0 Å². The number of nitrogens with zero attached hydrogens (tertiary/aromatic N) is 3. The van der Waals surface area contributed by atoms with E-state index >= 15 is 0 Å². The van der Waals surface area contributed by atoms with Crippen molar-refractivity contribution in [2.75, 3.05) is 13.2 Å². The molecule has 0 aromatic carbocycles. The van der Waals surface area contributed by atoms with Crippen molar-refractivity contribution in [3.05, 3.63) is 11.9 Å². The molecule has 0 amide bonds. The first-order valence-corrected chi connectivity index (χ1v) is 5.07. The van der Waals surface area contributed by atoms with Crippen molar-refractivity contribution in [1.29, 1.82) is 0 Å². The maximum atomic E-state index is 8.63. The Morgan fingerprint density at radius 1 is 1.57 bits per heavy atom. The van der Waals surface area contributed by atoms with Crippen molar-refractivity contribution in [2.24, 2.45) is 0 Å². The van der Waals surface area contributed by atoms with Crippen LogP contribution in [0.25, 0.3) is 0 Å². The maximum absolute atomic E-state index is 8.63. The number of rotatable bonds is 7. The van der Waals surface area contributed by atoms with E-state index in [4.69, 9.17) is 5.11 Å². The van der Waals surface area contributed by atoms with Crippen molar-refractivity contribution < 1.29 is 5.11 Å². The van der Waals surface area contributed by atoms with Gasteiger partial charge < -0.3 is 10.4 Å². The highest BCUT2D eigenvalue weighted by atomic mass is 16.3. The molecule has 0 bridgehead atoms. The first kappa shape index (κ1) is 11.1. The smallest absolute Gasteiger partial charge is 0.0964 e. The Kier molecular flexibility index (Phi) is 5.17. The van der Waals surface area contributed by atoms with Gasteiger partial charge in [-0.1, -0.05) is 12.1 Å². The molecule has 0 aliphatic heterocycles. The number of hydrogen-bond donors (Lipinski definition) is 2. The fourth-order valence-electron chi connectivity index (χ4n) is 1.15. The summed E-state index contributed by atoms with van der Waals surface area (Å²) in [5, 5.41) is 19.8. The first-order valence-electron chi connectivity index (χ1n) is 5.07. The summed E-state index contributed by atoms with van der Waals surface area (Å²) >= 11 is 0. The SMILES string of the molecule is CCCNCc1cn(CCCO)nn1. The van der Waals surface area contributed by atoms with Crippen LogP contribution in [0.2, 0.25) is 0 Å². The van der Waals surface area contributed by atoms with Gasteiger partial charge in [0.1, 0.15) is 0 Å². The van der Waals surface area contributed by atoms with E-state index in [0.717, 1.165) is 38.2 Å². The van der Waals surface area contributed by atoms with Crippen molar-refractivity contribution in [3.63, 3.8) is 0 Å². The molecule has 0 unspecified atom stereocenters. The fraction of sp³-hybridized carbons (Fsp3) is 0.778. The van der Waals surface area contributed by atoms with Gasteiger partial charge in [0.15, 0.2) is 0 Å². The number of aliphatic hydroxyl groups excluding tert-OH is 1. The van der Waals surface area contributed by atoms with Crippen molar-refractivity contribution in [3.8, 4) is 0 Å². The molecular formula is C9H18N4O. The summed E-state index contributed by atoms with van der Waals surface area (Å²) in [5.41, 5.74) is 0.955. The zero-order valence-corrected chi connectivity index (χ0v) is 8.61. The molecule has 0 radical (unpaired) electrons. The van der Waals surface area contributed by atoms with Crippen LogP contribution < -0.4 is 5.32 Å². The van der Waals surface area contributed by atoms with Gasteiger partial charge in [0.2, 0.25) is 0 Å². The summed E-state index contributed by atoms with van der Waals surface area (Å²) in [5.74, 6) is 0. The Morgan fingerprint density at radius 3 is 3.14 bits per heavy atom. The predicted molar refractivity (Wildman–Crippen MR) is 53.7 cm³/mol. The maximum Gasteiger partial charge on any atom is 0.0964 e. The number of aryl methyl sites for hydroxylation is 1. The molecule has 1 rings (SSSR count). The van der Waals surface area contributed by atoms with Crippen LogP contribution in [0.1, 0.15) is 25.5 Å². The Balaban J connectivity index is 2.27. The highest BCUT2D eigenvalue weighted by molar-refractivity contribution is 4.91. The molecule has 0 aliphatic carbocycles. The van der Waals surface area contributed by atoms with Gasteiger partial charge in [0, 0.05) is 25.9 Å². The summed E-state index contributed by atoms with van der Waals surface area (Å²) in [7, 11) is 0. The Bertz CT molecular complexity index is 249. The largest absolute Gasteiger partial charge is 0.396 e. The van der Waals surface area contributed by atoms with Crippen molar-refractivity contribution in [2.45, 2.75) is 32.9 Å². The Hall–Kier alpha value is -0.940. The minimum absolute atomic E-state index is 0.198. The zero-order chi connectivity index (χ0) is 10.2. The molecule has 80 valence electrons. The van der Waals surface area contributed by atoms with Gasteiger partial charge in [0.05, 0.1) is 5.69 Å². The Morgan fingerprint density at radius 2 is 2.43 bits per heavy atom. The van der Waals surface area contributed by atoms with Crippen LogP contribution >= 0.6 is 0 Å². The fourth-order valence-corrected chi connectivity index (χ4v) is 1.15. The van der Waals surface area contributed by atoms with Gasteiger partial charge in [-0.15, -0.1) is 5.10 Å². The van der Waals surface area contributed by atoms with E-state index in [1.165, 1.54) is 0 Å². The van der Waals surface area contributed by atoms with Crippen LogP contribution in [-0.2, 0) is 13.1 Å². The second-order valence-corrected chi connectivity index (χ2v) is 3.23. The van der Waals surface area contributed by atoms with E-state index in [2.05, 4.69) is 22.6 Å². The third kappa shape index (κ3) is 3.85.